The standard InChI is InChI=1S/C15H15F2NO2/c1-2-3-12-6-10(9-19)7-15(18-12)20-14-5-4-11(16)8-13(14)17/h4-8,19H,2-3,9H2,1H3. The Morgan fingerprint density at radius 1 is 1.20 bits per heavy atom. The van der Waals surface area contributed by atoms with Gasteiger partial charge < -0.3 is 9.84 Å². The molecule has 0 aliphatic carbocycles. The number of aliphatic hydroxyl groups excluding tert-OH is 1. The Morgan fingerprint density at radius 3 is 2.65 bits per heavy atom. The minimum Gasteiger partial charge on any atom is -0.436 e. The molecule has 0 fully saturated rings. The smallest absolute Gasteiger partial charge is 0.219 e. The van der Waals surface area contributed by atoms with Crippen molar-refractivity contribution >= 4 is 0 Å². The Hall–Kier alpha value is -2.01. The lowest BCUT2D eigenvalue weighted by molar-refractivity contribution is 0.280. The molecule has 2 aromatic rings. The molecule has 3 nitrogen and oxygen atoms in total. The van der Waals surface area contributed by atoms with Gasteiger partial charge >= 0.3 is 0 Å². The lowest BCUT2D eigenvalue weighted by Crippen LogP contribution is -1.98. The van der Waals surface area contributed by atoms with E-state index in [-0.39, 0.29) is 18.2 Å². The highest BCUT2D eigenvalue weighted by atomic mass is 19.1. The lowest BCUT2D eigenvalue weighted by Gasteiger charge is -2.09. The fourth-order valence-corrected chi connectivity index (χ4v) is 1.82. The first kappa shape index (κ1) is 14.4. The first-order valence-electron chi connectivity index (χ1n) is 6.36. The van der Waals surface area contributed by atoms with E-state index >= 15 is 0 Å². The summed E-state index contributed by atoms with van der Waals surface area (Å²) < 4.78 is 31.7. The molecule has 0 aliphatic rings. The number of nitrogens with zero attached hydrogens (tertiary/aromatic N) is 1. The van der Waals surface area contributed by atoms with Crippen molar-refractivity contribution in [2.75, 3.05) is 0 Å². The van der Waals surface area contributed by atoms with Gasteiger partial charge in [-0.1, -0.05) is 13.3 Å². The summed E-state index contributed by atoms with van der Waals surface area (Å²) in [7, 11) is 0. The number of aliphatic hydroxyl groups is 1. The second-order valence-electron chi connectivity index (χ2n) is 4.39. The maximum atomic E-state index is 13.5. The van der Waals surface area contributed by atoms with Gasteiger partial charge in [0, 0.05) is 17.8 Å². The van der Waals surface area contributed by atoms with Crippen molar-refractivity contribution in [3.05, 3.63) is 53.2 Å². The second kappa shape index (κ2) is 6.43. The van der Waals surface area contributed by atoms with Crippen molar-refractivity contribution in [3.63, 3.8) is 0 Å². The normalized spacial score (nSPS) is 10.6. The Balaban J connectivity index is 2.29. The first-order valence-corrected chi connectivity index (χ1v) is 6.36. The number of hydrogen-bond acceptors (Lipinski definition) is 3. The summed E-state index contributed by atoms with van der Waals surface area (Å²) in [5.41, 5.74) is 1.40. The molecule has 0 unspecified atom stereocenters. The van der Waals surface area contributed by atoms with E-state index in [1.807, 2.05) is 6.92 Å². The summed E-state index contributed by atoms with van der Waals surface area (Å²) in [6, 6.07) is 6.37. The van der Waals surface area contributed by atoms with Crippen molar-refractivity contribution in [1.82, 2.24) is 4.98 Å². The molecule has 2 rings (SSSR count). The van der Waals surface area contributed by atoms with Crippen LogP contribution in [0.15, 0.2) is 30.3 Å². The van der Waals surface area contributed by atoms with Crippen LogP contribution in [0, 0.1) is 11.6 Å². The molecule has 5 heteroatoms. The number of benzene rings is 1. The zero-order valence-electron chi connectivity index (χ0n) is 11.1. The Labute approximate surface area is 115 Å². The van der Waals surface area contributed by atoms with Crippen LogP contribution < -0.4 is 4.74 Å². The first-order chi connectivity index (χ1) is 9.62. The third kappa shape index (κ3) is 3.51. The average Bonchev–Trinajstić information content (AvgIpc) is 2.42. The number of aromatic nitrogens is 1. The summed E-state index contributed by atoms with van der Waals surface area (Å²) in [5.74, 6) is -1.38. The number of pyridine rings is 1. The van der Waals surface area contributed by atoms with Crippen LogP contribution in [0.3, 0.4) is 0 Å². The predicted molar refractivity (Wildman–Crippen MR) is 70.6 cm³/mol. The molecule has 1 heterocycles. The molecular formula is C15H15F2NO2. The minimum absolute atomic E-state index is 0.101. The van der Waals surface area contributed by atoms with Crippen LogP contribution in [0.25, 0.3) is 0 Å². The summed E-state index contributed by atoms with van der Waals surface area (Å²) in [5, 5.41) is 9.20. The van der Waals surface area contributed by atoms with Gasteiger partial charge in [0.1, 0.15) is 5.82 Å². The van der Waals surface area contributed by atoms with E-state index in [4.69, 9.17) is 4.74 Å². The van der Waals surface area contributed by atoms with E-state index < -0.39 is 11.6 Å². The number of ether oxygens (including phenoxy) is 1. The predicted octanol–water partition coefficient (Wildman–Crippen LogP) is 3.60. The maximum absolute atomic E-state index is 13.5. The molecular weight excluding hydrogens is 264 g/mol. The SMILES string of the molecule is CCCc1cc(CO)cc(Oc2ccc(F)cc2F)n1. The monoisotopic (exact) mass is 279 g/mol. The molecule has 0 radical (unpaired) electrons. The fraction of sp³-hybridized carbons (Fsp3) is 0.267. The van der Waals surface area contributed by atoms with E-state index in [1.165, 1.54) is 12.1 Å². The van der Waals surface area contributed by atoms with Gasteiger partial charge in [0.2, 0.25) is 5.88 Å². The van der Waals surface area contributed by atoms with Crippen LogP contribution in [0.5, 0.6) is 11.6 Å². The Bertz CT molecular complexity index is 602. The molecule has 1 aromatic carbocycles. The molecule has 0 spiro atoms. The van der Waals surface area contributed by atoms with Crippen LogP contribution in [-0.4, -0.2) is 10.1 Å². The second-order valence-corrected chi connectivity index (χ2v) is 4.39. The van der Waals surface area contributed by atoms with Crippen molar-refractivity contribution in [2.45, 2.75) is 26.4 Å². The summed E-state index contributed by atoms with van der Waals surface area (Å²) in [4.78, 5) is 4.24. The van der Waals surface area contributed by atoms with Gasteiger partial charge in [-0.2, -0.15) is 0 Å². The van der Waals surface area contributed by atoms with Gasteiger partial charge in [-0.05, 0) is 30.2 Å². The molecule has 1 aromatic heterocycles. The number of aryl methyl sites for hydroxylation is 1. The highest BCUT2D eigenvalue weighted by Gasteiger charge is 2.09. The highest BCUT2D eigenvalue weighted by molar-refractivity contribution is 5.32. The van der Waals surface area contributed by atoms with Crippen molar-refractivity contribution in [2.24, 2.45) is 0 Å². The minimum atomic E-state index is -0.793. The Morgan fingerprint density at radius 2 is 2.00 bits per heavy atom. The van der Waals surface area contributed by atoms with Crippen LogP contribution in [-0.2, 0) is 13.0 Å². The van der Waals surface area contributed by atoms with E-state index in [0.717, 1.165) is 30.7 Å². The molecule has 0 saturated carbocycles. The van der Waals surface area contributed by atoms with Crippen LogP contribution in [0.1, 0.15) is 24.6 Å². The van der Waals surface area contributed by atoms with Gasteiger partial charge in [-0.3, -0.25) is 0 Å². The largest absolute Gasteiger partial charge is 0.436 e. The van der Waals surface area contributed by atoms with Crippen molar-refractivity contribution in [3.8, 4) is 11.6 Å². The maximum Gasteiger partial charge on any atom is 0.219 e. The highest BCUT2D eigenvalue weighted by Crippen LogP contribution is 2.25. The van der Waals surface area contributed by atoms with E-state index in [9.17, 15) is 13.9 Å². The van der Waals surface area contributed by atoms with Gasteiger partial charge in [0.15, 0.2) is 11.6 Å². The molecule has 0 saturated heterocycles. The van der Waals surface area contributed by atoms with Gasteiger partial charge in [0.05, 0.1) is 6.61 Å². The van der Waals surface area contributed by atoms with E-state index in [2.05, 4.69) is 4.98 Å². The van der Waals surface area contributed by atoms with Crippen molar-refractivity contribution < 1.29 is 18.6 Å². The molecule has 1 N–H and O–H groups in total. The molecule has 0 amide bonds. The fourth-order valence-electron chi connectivity index (χ4n) is 1.82. The van der Waals surface area contributed by atoms with E-state index in [1.54, 1.807) is 6.07 Å². The van der Waals surface area contributed by atoms with Gasteiger partial charge in [-0.15, -0.1) is 0 Å². The molecule has 20 heavy (non-hydrogen) atoms. The van der Waals surface area contributed by atoms with Gasteiger partial charge in [0.25, 0.3) is 0 Å². The van der Waals surface area contributed by atoms with Crippen LogP contribution in [0.4, 0.5) is 8.78 Å². The molecule has 106 valence electrons. The summed E-state index contributed by atoms with van der Waals surface area (Å²) in [6.07, 6.45) is 1.63. The third-order valence-electron chi connectivity index (χ3n) is 2.71. The van der Waals surface area contributed by atoms with Crippen LogP contribution >= 0.6 is 0 Å². The van der Waals surface area contributed by atoms with E-state index in [0.29, 0.717) is 5.56 Å². The zero-order chi connectivity index (χ0) is 14.5. The molecule has 0 aliphatic heterocycles. The third-order valence-corrected chi connectivity index (χ3v) is 2.71. The Kier molecular flexibility index (Phi) is 4.63. The topological polar surface area (TPSA) is 42.4 Å². The number of rotatable bonds is 5. The quantitative estimate of drug-likeness (QED) is 0.909. The number of halogens is 2. The molecule has 0 atom stereocenters. The van der Waals surface area contributed by atoms with Crippen molar-refractivity contribution in [1.29, 1.82) is 0 Å². The van der Waals surface area contributed by atoms with Crippen LogP contribution in [0.2, 0.25) is 0 Å². The average molecular weight is 279 g/mol. The zero-order valence-corrected chi connectivity index (χ0v) is 11.1. The summed E-state index contributed by atoms with van der Waals surface area (Å²) in [6.45, 7) is 1.86. The lowest BCUT2D eigenvalue weighted by atomic mass is 10.2. The number of hydrogen-bond donors (Lipinski definition) is 1. The summed E-state index contributed by atoms with van der Waals surface area (Å²) >= 11 is 0. The van der Waals surface area contributed by atoms with Gasteiger partial charge in [-0.25, -0.2) is 13.8 Å². The molecule has 0 bridgehead atoms.